The molecule has 0 bridgehead atoms. The first-order valence-corrected chi connectivity index (χ1v) is 10.3. The maximum Gasteiger partial charge on any atom is 0.275 e. The summed E-state index contributed by atoms with van der Waals surface area (Å²) in [6, 6.07) is 18.9. The molecule has 0 spiro atoms. The summed E-state index contributed by atoms with van der Waals surface area (Å²) in [5.41, 5.74) is 4.06. The third kappa shape index (κ3) is 5.34. The summed E-state index contributed by atoms with van der Waals surface area (Å²) in [6.45, 7) is 6.47. The van der Waals surface area contributed by atoms with Crippen LogP contribution >= 0.6 is 0 Å². The van der Waals surface area contributed by atoms with Gasteiger partial charge in [-0.25, -0.2) is 4.98 Å². The Bertz CT molecular complexity index is 947. The van der Waals surface area contributed by atoms with Crippen molar-refractivity contribution in [3.63, 3.8) is 0 Å². The predicted molar refractivity (Wildman–Crippen MR) is 114 cm³/mol. The predicted octanol–water partition coefficient (Wildman–Crippen LogP) is 3.66. The number of aryl methyl sites for hydroxylation is 1. The molecule has 30 heavy (non-hydrogen) atoms. The third-order valence-corrected chi connectivity index (χ3v) is 5.20. The molecular weight excluding hydrogens is 378 g/mol. The SMILES string of the molecule is Cc1ccc(CN(Cc2ccccc2)Cc2nc(C(=O)N3CCOCC3)co2)cc1. The highest BCUT2D eigenvalue weighted by Gasteiger charge is 2.22. The second kappa shape index (κ2) is 9.69. The summed E-state index contributed by atoms with van der Waals surface area (Å²) < 4.78 is 11.0. The van der Waals surface area contributed by atoms with Crippen LogP contribution in [0.1, 0.15) is 33.1 Å². The number of ether oxygens (including phenoxy) is 1. The second-order valence-electron chi connectivity index (χ2n) is 7.65. The van der Waals surface area contributed by atoms with E-state index in [0.717, 1.165) is 13.1 Å². The van der Waals surface area contributed by atoms with E-state index in [9.17, 15) is 4.79 Å². The fourth-order valence-electron chi connectivity index (χ4n) is 3.56. The van der Waals surface area contributed by atoms with E-state index < -0.39 is 0 Å². The summed E-state index contributed by atoms with van der Waals surface area (Å²) >= 11 is 0. The van der Waals surface area contributed by atoms with Crippen molar-refractivity contribution in [1.82, 2.24) is 14.8 Å². The molecule has 0 N–H and O–H groups in total. The lowest BCUT2D eigenvalue weighted by Crippen LogP contribution is -2.40. The molecule has 1 aliphatic heterocycles. The first-order valence-electron chi connectivity index (χ1n) is 10.3. The number of morpholine rings is 1. The molecule has 1 amide bonds. The summed E-state index contributed by atoms with van der Waals surface area (Å²) in [5.74, 6) is 0.455. The summed E-state index contributed by atoms with van der Waals surface area (Å²) in [5, 5.41) is 0. The van der Waals surface area contributed by atoms with Crippen molar-refractivity contribution in [3.05, 3.63) is 89.1 Å². The molecule has 2 aromatic carbocycles. The van der Waals surface area contributed by atoms with Gasteiger partial charge in [0.2, 0.25) is 5.89 Å². The maximum atomic E-state index is 12.6. The fourth-order valence-corrected chi connectivity index (χ4v) is 3.56. The van der Waals surface area contributed by atoms with E-state index in [0.29, 0.717) is 44.4 Å². The molecule has 0 aliphatic carbocycles. The number of carbonyl (C=O) groups excluding carboxylic acids is 1. The largest absolute Gasteiger partial charge is 0.447 e. The molecule has 6 heteroatoms. The molecule has 2 heterocycles. The molecule has 1 aliphatic rings. The lowest BCUT2D eigenvalue weighted by Gasteiger charge is -2.25. The number of carbonyl (C=O) groups is 1. The molecule has 1 aromatic heterocycles. The molecule has 6 nitrogen and oxygen atoms in total. The smallest absolute Gasteiger partial charge is 0.275 e. The Hall–Kier alpha value is -2.96. The Kier molecular flexibility index (Phi) is 6.57. The standard InChI is InChI=1S/C24H27N3O3/c1-19-7-9-21(10-8-19)16-26(15-20-5-3-2-4-6-20)17-23-25-22(18-30-23)24(28)27-11-13-29-14-12-27/h2-10,18H,11-17H2,1H3. The summed E-state index contributed by atoms with van der Waals surface area (Å²) in [6.07, 6.45) is 1.47. The van der Waals surface area contributed by atoms with Crippen LogP contribution in [0.3, 0.4) is 0 Å². The van der Waals surface area contributed by atoms with Crippen LogP contribution in [0.2, 0.25) is 0 Å². The number of amides is 1. The molecule has 1 saturated heterocycles. The zero-order chi connectivity index (χ0) is 20.8. The number of benzene rings is 2. The lowest BCUT2D eigenvalue weighted by molar-refractivity contribution is 0.0299. The lowest BCUT2D eigenvalue weighted by atomic mass is 10.1. The zero-order valence-electron chi connectivity index (χ0n) is 17.3. The Morgan fingerprint density at radius 2 is 1.63 bits per heavy atom. The number of rotatable bonds is 7. The van der Waals surface area contributed by atoms with Crippen LogP contribution in [0, 0.1) is 6.92 Å². The first-order chi connectivity index (χ1) is 14.7. The van der Waals surface area contributed by atoms with E-state index in [1.165, 1.54) is 23.0 Å². The van der Waals surface area contributed by atoms with Gasteiger partial charge in [0.05, 0.1) is 19.8 Å². The molecule has 0 saturated carbocycles. The average molecular weight is 405 g/mol. The van der Waals surface area contributed by atoms with Crippen molar-refractivity contribution < 1.29 is 13.9 Å². The highest BCUT2D eigenvalue weighted by Crippen LogP contribution is 2.16. The van der Waals surface area contributed by atoms with Crippen molar-refractivity contribution in [3.8, 4) is 0 Å². The van der Waals surface area contributed by atoms with Gasteiger partial charge in [-0.2, -0.15) is 0 Å². The number of aromatic nitrogens is 1. The molecule has 3 aromatic rings. The van der Waals surface area contributed by atoms with Gasteiger partial charge in [-0.1, -0.05) is 60.2 Å². The van der Waals surface area contributed by atoms with E-state index in [-0.39, 0.29) is 5.91 Å². The minimum absolute atomic E-state index is 0.0959. The van der Waals surface area contributed by atoms with Crippen molar-refractivity contribution >= 4 is 5.91 Å². The Balaban J connectivity index is 1.47. The molecule has 1 fully saturated rings. The van der Waals surface area contributed by atoms with Crippen LogP contribution in [-0.2, 0) is 24.4 Å². The zero-order valence-corrected chi connectivity index (χ0v) is 17.3. The van der Waals surface area contributed by atoms with Gasteiger partial charge in [0, 0.05) is 26.2 Å². The number of oxazole rings is 1. The van der Waals surface area contributed by atoms with Crippen LogP contribution in [-0.4, -0.2) is 47.0 Å². The highest BCUT2D eigenvalue weighted by atomic mass is 16.5. The van der Waals surface area contributed by atoms with Gasteiger partial charge in [0.15, 0.2) is 5.69 Å². The fraction of sp³-hybridized carbons (Fsp3) is 0.333. The third-order valence-electron chi connectivity index (χ3n) is 5.20. The minimum Gasteiger partial charge on any atom is -0.447 e. The molecule has 4 rings (SSSR count). The van der Waals surface area contributed by atoms with Crippen molar-refractivity contribution in [1.29, 1.82) is 0 Å². The summed E-state index contributed by atoms with van der Waals surface area (Å²) in [4.78, 5) is 21.2. The highest BCUT2D eigenvalue weighted by molar-refractivity contribution is 5.92. The van der Waals surface area contributed by atoms with Gasteiger partial charge in [-0.05, 0) is 18.1 Å². The van der Waals surface area contributed by atoms with Gasteiger partial charge in [-0.3, -0.25) is 9.69 Å². The van der Waals surface area contributed by atoms with Crippen LogP contribution in [0.25, 0.3) is 0 Å². The molecule has 0 radical (unpaired) electrons. The van der Waals surface area contributed by atoms with E-state index in [4.69, 9.17) is 9.15 Å². The van der Waals surface area contributed by atoms with Gasteiger partial charge < -0.3 is 14.1 Å². The van der Waals surface area contributed by atoms with Gasteiger partial charge in [0.1, 0.15) is 6.26 Å². The van der Waals surface area contributed by atoms with Crippen molar-refractivity contribution in [2.75, 3.05) is 26.3 Å². The minimum atomic E-state index is -0.0959. The maximum absolute atomic E-state index is 12.6. The van der Waals surface area contributed by atoms with Crippen molar-refractivity contribution in [2.45, 2.75) is 26.6 Å². The molecule has 0 atom stereocenters. The quantitative estimate of drug-likeness (QED) is 0.600. The normalized spacial score (nSPS) is 14.3. The number of hydrogen-bond acceptors (Lipinski definition) is 5. The average Bonchev–Trinajstić information content (AvgIpc) is 3.24. The summed E-state index contributed by atoms with van der Waals surface area (Å²) in [7, 11) is 0. The first kappa shape index (κ1) is 20.3. The Labute approximate surface area is 177 Å². The van der Waals surface area contributed by atoms with Crippen LogP contribution in [0.5, 0.6) is 0 Å². The second-order valence-corrected chi connectivity index (χ2v) is 7.65. The van der Waals surface area contributed by atoms with Crippen LogP contribution in [0.15, 0.2) is 65.3 Å². The Morgan fingerprint density at radius 3 is 2.33 bits per heavy atom. The molecular formula is C24H27N3O3. The Morgan fingerprint density at radius 1 is 0.967 bits per heavy atom. The van der Waals surface area contributed by atoms with E-state index in [1.807, 2.05) is 18.2 Å². The van der Waals surface area contributed by atoms with E-state index in [1.54, 1.807) is 4.90 Å². The number of hydrogen-bond donors (Lipinski definition) is 0. The van der Waals surface area contributed by atoms with Gasteiger partial charge in [-0.15, -0.1) is 0 Å². The van der Waals surface area contributed by atoms with E-state index >= 15 is 0 Å². The van der Waals surface area contributed by atoms with Crippen LogP contribution in [0.4, 0.5) is 0 Å². The van der Waals surface area contributed by atoms with E-state index in [2.05, 4.69) is 53.2 Å². The number of nitrogens with zero attached hydrogens (tertiary/aromatic N) is 3. The van der Waals surface area contributed by atoms with Crippen LogP contribution < -0.4 is 0 Å². The monoisotopic (exact) mass is 405 g/mol. The van der Waals surface area contributed by atoms with Gasteiger partial charge >= 0.3 is 0 Å². The van der Waals surface area contributed by atoms with Gasteiger partial charge in [0.25, 0.3) is 5.91 Å². The van der Waals surface area contributed by atoms with Crippen molar-refractivity contribution in [2.24, 2.45) is 0 Å². The topological polar surface area (TPSA) is 58.8 Å². The molecule has 0 unspecified atom stereocenters. The molecule has 156 valence electrons.